The number of nitrogens with zero attached hydrogens (tertiary/aromatic N) is 2. The predicted octanol–water partition coefficient (Wildman–Crippen LogP) is 0.164. The number of H-pyrrole nitrogens is 1. The van der Waals surface area contributed by atoms with E-state index in [4.69, 9.17) is 5.73 Å². The highest BCUT2D eigenvalue weighted by atomic mass is 15.2. The highest BCUT2D eigenvalue weighted by Gasteiger charge is 2.18. The third-order valence-electron chi connectivity index (χ3n) is 2.74. The molecule has 14 heavy (non-hydrogen) atoms. The molecule has 0 amide bonds. The molecule has 78 valence electrons. The predicted molar refractivity (Wildman–Crippen MR) is 53.5 cm³/mol. The minimum absolute atomic E-state index is 0.371. The van der Waals surface area contributed by atoms with Gasteiger partial charge in [-0.2, -0.15) is 5.10 Å². The van der Waals surface area contributed by atoms with Gasteiger partial charge in [-0.1, -0.05) is 6.42 Å². The fourth-order valence-corrected chi connectivity index (χ4v) is 1.97. The first-order chi connectivity index (χ1) is 6.84. The molecule has 0 aliphatic heterocycles. The second kappa shape index (κ2) is 4.52. The lowest BCUT2D eigenvalue weighted by Crippen LogP contribution is -2.39. The van der Waals surface area contributed by atoms with Crippen LogP contribution in [-0.2, 0) is 6.54 Å². The molecule has 0 spiro atoms. The molecule has 1 aromatic rings. The summed E-state index contributed by atoms with van der Waals surface area (Å²) in [5, 5.41) is 10.1. The molecule has 4 N–H and O–H groups in total. The van der Waals surface area contributed by atoms with Gasteiger partial charge < -0.3 is 11.1 Å². The van der Waals surface area contributed by atoms with Gasteiger partial charge in [0, 0.05) is 12.1 Å². The molecule has 0 bridgehead atoms. The standard InChI is InChI=1S/C9H17N5/c10-7-2-1-3-8(4-7)11-5-9-12-6-13-14-9/h6-8,11H,1-5,10H2,(H,12,13,14). The van der Waals surface area contributed by atoms with Crippen LogP contribution < -0.4 is 11.1 Å². The van der Waals surface area contributed by atoms with Crippen LogP contribution in [0.3, 0.4) is 0 Å². The molecule has 1 fully saturated rings. The van der Waals surface area contributed by atoms with Gasteiger partial charge in [0.15, 0.2) is 0 Å². The highest BCUT2D eigenvalue weighted by molar-refractivity contribution is 4.84. The van der Waals surface area contributed by atoms with Crippen LogP contribution in [0.1, 0.15) is 31.5 Å². The van der Waals surface area contributed by atoms with E-state index in [1.807, 2.05) is 0 Å². The third kappa shape index (κ3) is 2.52. The lowest BCUT2D eigenvalue weighted by molar-refractivity contribution is 0.336. The Kier molecular flexibility index (Phi) is 3.10. The van der Waals surface area contributed by atoms with Crippen LogP contribution in [0.25, 0.3) is 0 Å². The van der Waals surface area contributed by atoms with Gasteiger partial charge in [-0.3, -0.25) is 5.10 Å². The van der Waals surface area contributed by atoms with Crippen molar-refractivity contribution < 1.29 is 0 Å². The number of hydrogen-bond donors (Lipinski definition) is 3. The normalized spacial score (nSPS) is 27.8. The molecule has 0 radical (unpaired) electrons. The Morgan fingerprint density at radius 1 is 1.57 bits per heavy atom. The number of aromatic amines is 1. The van der Waals surface area contributed by atoms with Crippen molar-refractivity contribution in [2.24, 2.45) is 5.73 Å². The number of nitrogens with one attached hydrogen (secondary N) is 2. The number of nitrogens with two attached hydrogens (primary N) is 1. The van der Waals surface area contributed by atoms with Gasteiger partial charge in [-0.15, -0.1) is 0 Å². The van der Waals surface area contributed by atoms with Crippen molar-refractivity contribution in [3.63, 3.8) is 0 Å². The lowest BCUT2D eigenvalue weighted by atomic mass is 9.92. The van der Waals surface area contributed by atoms with Crippen LogP contribution in [0.4, 0.5) is 0 Å². The minimum Gasteiger partial charge on any atom is -0.328 e. The molecule has 2 unspecified atom stereocenters. The van der Waals surface area contributed by atoms with Crippen molar-refractivity contribution in [3.8, 4) is 0 Å². The summed E-state index contributed by atoms with van der Waals surface area (Å²) >= 11 is 0. The Morgan fingerprint density at radius 3 is 3.21 bits per heavy atom. The molecule has 2 atom stereocenters. The van der Waals surface area contributed by atoms with Gasteiger partial charge in [-0.25, -0.2) is 4.98 Å². The zero-order valence-electron chi connectivity index (χ0n) is 8.24. The van der Waals surface area contributed by atoms with Gasteiger partial charge in [0.1, 0.15) is 12.2 Å². The maximum Gasteiger partial charge on any atom is 0.138 e. The Labute approximate surface area is 83.5 Å². The summed E-state index contributed by atoms with van der Waals surface area (Å²) in [5.41, 5.74) is 5.90. The van der Waals surface area contributed by atoms with Gasteiger partial charge in [0.2, 0.25) is 0 Å². The maximum absolute atomic E-state index is 5.90. The van der Waals surface area contributed by atoms with Gasteiger partial charge in [-0.05, 0) is 19.3 Å². The molecule has 1 heterocycles. The van der Waals surface area contributed by atoms with Crippen LogP contribution >= 0.6 is 0 Å². The average molecular weight is 195 g/mol. The van der Waals surface area contributed by atoms with Crippen molar-refractivity contribution in [2.75, 3.05) is 0 Å². The van der Waals surface area contributed by atoms with Crippen molar-refractivity contribution in [2.45, 2.75) is 44.3 Å². The topological polar surface area (TPSA) is 79.6 Å². The van der Waals surface area contributed by atoms with Crippen LogP contribution in [-0.4, -0.2) is 27.3 Å². The van der Waals surface area contributed by atoms with Crippen LogP contribution in [0, 0.1) is 0 Å². The summed E-state index contributed by atoms with van der Waals surface area (Å²) in [6.07, 6.45) is 6.23. The molecule has 5 nitrogen and oxygen atoms in total. The Bertz CT molecular complexity index is 258. The molecule has 1 aliphatic carbocycles. The molecular formula is C9H17N5. The van der Waals surface area contributed by atoms with E-state index in [0.29, 0.717) is 12.1 Å². The maximum atomic E-state index is 5.90. The molecule has 0 saturated heterocycles. The second-order valence-corrected chi connectivity index (χ2v) is 3.94. The van der Waals surface area contributed by atoms with E-state index in [1.54, 1.807) is 0 Å². The molecule has 2 rings (SSSR count). The fourth-order valence-electron chi connectivity index (χ4n) is 1.97. The molecule has 1 aliphatic rings. The van der Waals surface area contributed by atoms with Gasteiger partial charge in [0.05, 0.1) is 6.54 Å². The summed E-state index contributed by atoms with van der Waals surface area (Å²) in [5.74, 6) is 0.893. The SMILES string of the molecule is NC1CCCC(NCc2ncn[nH]2)C1. The van der Waals surface area contributed by atoms with E-state index < -0.39 is 0 Å². The van der Waals surface area contributed by atoms with Crippen LogP contribution in [0.15, 0.2) is 6.33 Å². The van der Waals surface area contributed by atoms with Crippen molar-refractivity contribution in [1.82, 2.24) is 20.5 Å². The third-order valence-corrected chi connectivity index (χ3v) is 2.74. The largest absolute Gasteiger partial charge is 0.328 e. The first kappa shape index (κ1) is 9.61. The number of hydrogen-bond acceptors (Lipinski definition) is 4. The first-order valence-electron chi connectivity index (χ1n) is 5.18. The van der Waals surface area contributed by atoms with Crippen LogP contribution in [0.5, 0.6) is 0 Å². The molecular weight excluding hydrogens is 178 g/mol. The fraction of sp³-hybridized carbons (Fsp3) is 0.778. The zero-order chi connectivity index (χ0) is 9.80. The zero-order valence-corrected chi connectivity index (χ0v) is 8.24. The summed E-state index contributed by atoms with van der Waals surface area (Å²) in [6.45, 7) is 0.761. The van der Waals surface area contributed by atoms with Crippen molar-refractivity contribution >= 4 is 0 Å². The lowest BCUT2D eigenvalue weighted by Gasteiger charge is -2.27. The number of aromatic nitrogens is 3. The monoisotopic (exact) mass is 195 g/mol. The average Bonchev–Trinajstić information content (AvgIpc) is 2.67. The molecule has 1 saturated carbocycles. The minimum atomic E-state index is 0.371. The van der Waals surface area contributed by atoms with E-state index in [9.17, 15) is 0 Å². The summed E-state index contributed by atoms with van der Waals surface area (Å²) in [4.78, 5) is 4.06. The summed E-state index contributed by atoms with van der Waals surface area (Å²) in [7, 11) is 0. The Morgan fingerprint density at radius 2 is 2.50 bits per heavy atom. The van der Waals surface area contributed by atoms with E-state index >= 15 is 0 Å². The van der Waals surface area contributed by atoms with Crippen molar-refractivity contribution in [3.05, 3.63) is 12.2 Å². The van der Waals surface area contributed by atoms with Gasteiger partial charge in [0.25, 0.3) is 0 Å². The van der Waals surface area contributed by atoms with Gasteiger partial charge >= 0.3 is 0 Å². The molecule has 5 heteroatoms. The first-order valence-corrected chi connectivity index (χ1v) is 5.18. The smallest absolute Gasteiger partial charge is 0.138 e. The molecule has 0 aromatic carbocycles. The molecule has 1 aromatic heterocycles. The van der Waals surface area contributed by atoms with Crippen molar-refractivity contribution in [1.29, 1.82) is 0 Å². The summed E-state index contributed by atoms with van der Waals surface area (Å²) in [6, 6.07) is 0.917. The van der Waals surface area contributed by atoms with E-state index in [2.05, 4.69) is 20.5 Å². The highest BCUT2D eigenvalue weighted by Crippen LogP contribution is 2.16. The van der Waals surface area contributed by atoms with E-state index in [1.165, 1.54) is 25.6 Å². The second-order valence-electron chi connectivity index (χ2n) is 3.94. The van der Waals surface area contributed by atoms with E-state index in [0.717, 1.165) is 18.8 Å². The Balaban J connectivity index is 1.75. The van der Waals surface area contributed by atoms with Crippen LogP contribution in [0.2, 0.25) is 0 Å². The van der Waals surface area contributed by atoms with E-state index in [-0.39, 0.29) is 0 Å². The number of rotatable bonds is 3. The quantitative estimate of drug-likeness (QED) is 0.642. The Hall–Kier alpha value is -0.940. The summed E-state index contributed by atoms with van der Waals surface area (Å²) < 4.78 is 0.